The van der Waals surface area contributed by atoms with Crippen molar-refractivity contribution in [3.05, 3.63) is 34.9 Å². The van der Waals surface area contributed by atoms with Gasteiger partial charge in [-0.15, -0.1) is 0 Å². The van der Waals surface area contributed by atoms with Gasteiger partial charge >= 0.3 is 5.97 Å². The highest BCUT2D eigenvalue weighted by molar-refractivity contribution is 5.81. The molecule has 0 saturated carbocycles. The molecule has 0 aliphatic heterocycles. The molecule has 0 radical (unpaired) electrons. The number of benzene rings is 1. The number of nitrogens with one attached hydrogen (secondary N) is 1. The van der Waals surface area contributed by atoms with E-state index in [9.17, 15) is 9.59 Å². The summed E-state index contributed by atoms with van der Waals surface area (Å²) in [4.78, 5) is 22.8. The minimum atomic E-state index is -0.948. The zero-order chi connectivity index (χ0) is 14.6. The Hall–Kier alpha value is -1.84. The predicted octanol–water partition coefficient (Wildman–Crippen LogP) is 2.07. The largest absolute Gasteiger partial charge is 0.481 e. The van der Waals surface area contributed by atoms with Crippen molar-refractivity contribution in [1.29, 1.82) is 0 Å². The summed E-state index contributed by atoms with van der Waals surface area (Å²) in [6, 6.07) is 5.90. The number of aliphatic carboxylic acids is 1. The van der Waals surface area contributed by atoms with Crippen molar-refractivity contribution in [1.82, 2.24) is 5.32 Å². The first kappa shape index (κ1) is 15.2. The van der Waals surface area contributed by atoms with Gasteiger partial charge in [0.05, 0.1) is 11.8 Å². The molecule has 0 aromatic heterocycles. The van der Waals surface area contributed by atoms with Crippen LogP contribution in [-0.4, -0.2) is 23.5 Å². The standard InChI is InChI=1S/C15H21NO3/c1-10-6-5-7-11(2)12(10)8-13(17)16-9-15(3,4)14(18)19/h5-7H,8-9H2,1-4H3,(H,16,17)(H,18,19). The quantitative estimate of drug-likeness (QED) is 0.854. The van der Waals surface area contributed by atoms with Crippen LogP contribution in [0.3, 0.4) is 0 Å². The molecule has 0 bridgehead atoms. The lowest BCUT2D eigenvalue weighted by Gasteiger charge is -2.19. The summed E-state index contributed by atoms with van der Waals surface area (Å²) in [5, 5.41) is 11.7. The van der Waals surface area contributed by atoms with E-state index in [1.165, 1.54) is 0 Å². The zero-order valence-corrected chi connectivity index (χ0v) is 11.9. The summed E-state index contributed by atoms with van der Waals surface area (Å²) in [6.07, 6.45) is 0.286. The number of carboxylic acids is 1. The summed E-state index contributed by atoms with van der Waals surface area (Å²) < 4.78 is 0. The molecule has 4 nitrogen and oxygen atoms in total. The van der Waals surface area contributed by atoms with Crippen LogP contribution in [0.2, 0.25) is 0 Å². The van der Waals surface area contributed by atoms with Gasteiger partial charge in [0, 0.05) is 6.54 Å². The molecular weight excluding hydrogens is 242 g/mol. The second-order valence-corrected chi connectivity index (χ2v) is 5.51. The van der Waals surface area contributed by atoms with Crippen LogP contribution in [-0.2, 0) is 16.0 Å². The van der Waals surface area contributed by atoms with Gasteiger partial charge in [-0.05, 0) is 44.4 Å². The van der Waals surface area contributed by atoms with Crippen LogP contribution in [0.4, 0.5) is 0 Å². The fraction of sp³-hybridized carbons (Fsp3) is 0.467. The van der Waals surface area contributed by atoms with Crippen molar-refractivity contribution in [2.45, 2.75) is 34.1 Å². The number of rotatable bonds is 5. The Morgan fingerprint density at radius 1 is 1.21 bits per heavy atom. The van der Waals surface area contributed by atoms with Crippen molar-refractivity contribution < 1.29 is 14.7 Å². The number of carboxylic acid groups (broad SMARTS) is 1. The smallest absolute Gasteiger partial charge is 0.310 e. The van der Waals surface area contributed by atoms with Crippen molar-refractivity contribution in [2.24, 2.45) is 5.41 Å². The zero-order valence-electron chi connectivity index (χ0n) is 11.9. The molecule has 2 N–H and O–H groups in total. The molecule has 0 fully saturated rings. The molecule has 4 heteroatoms. The first-order valence-corrected chi connectivity index (χ1v) is 6.29. The van der Waals surface area contributed by atoms with Gasteiger partial charge < -0.3 is 10.4 Å². The first-order valence-electron chi connectivity index (χ1n) is 6.29. The Labute approximate surface area is 113 Å². The highest BCUT2D eigenvalue weighted by Gasteiger charge is 2.27. The van der Waals surface area contributed by atoms with Gasteiger partial charge in [0.2, 0.25) is 5.91 Å². The second-order valence-electron chi connectivity index (χ2n) is 5.51. The molecule has 0 aliphatic rings. The summed E-state index contributed by atoms with van der Waals surface area (Å²) in [5.74, 6) is -1.06. The number of hydrogen-bond acceptors (Lipinski definition) is 2. The van der Waals surface area contributed by atoms with Crippen LogP contribution in [0, 0.1) is 19.3 Å². The Morgan fingerprint density at radius 2 is 1.74 bits per heavy atom. The van der Waals surface area contributed by atoms with Crippen molar-refractivity contribution in [3.63, 3.8) is 0 Å². The molecule has 1 aromatic rings. The third-order valence-corrected chi connectivity index (χ3v) is 3.29. The summed E-state index contributed by atoms with van der Waals surface area (Å²) in [7, 11) is 0. The van der Waals surface area contributed by atoms with E-state index < -0.39 is 11.4 Å². The van der Waals surface area contributed by atoms with Gasteiger partial charge in [-0.1, -0.05) is 18.2 Å². The third kappa shape index (κ3) is 4.09. The summed E-state index contributed by atoms with van der Waals surface area (Å²) in [6.45, 7) is 7.25. The van der Waals surface area contributed by atoms with E-state index >= 15 is 0 Å². The molecule has 0 aliphatic carbocycles. The Kier molecular flexibility index (Phi) is 4.70. The maximum Gasteiger partial charge on any atom is 0.310 e. The molecule has 0 atom stereocenters. The molecule has 1 rings (SSSR count). The number of carbonyl (C=O) groups is 2. The summed E-state index contributed by atoms with van der Waals surface area (Å²) in [5.41, 5.74) is 2.21. The van der Waals surface area contributed by atoms with Crippen molar-refractivity contribution in [3.8, 4) is 0 Å². The number of aryl methyl sites for hydroxylation is 2. The first-order chi connectivity index (χ1) is 8.74. The molecule has 19 heavy (non-hydrogen) atoms. The maximum absolute atomic E-state index is 11.9. The second kappa shape index (κ2) is 5.87. The van der Waals surface area contributed by atoms with Crippen LogP contribution >= 0.6 is 0 Å². The topological polar surface area (TPSA) is 66.4 Å². The molecule has 104 valence electrons. The number of amides is 1. The Balaban J connectivity index is 2.64. The average Bonchev–Trinajstić information content (AvgIpc) is 2.31. The lowest BCUT2D eigenvalue weighted by atomic mass is 9.93. The van der Waals surface area contributed by atoms with E-state index in [0.29, 0.717) is 0 Å². The van der Waals surface area contributed by atoms with Gasteiger partial charge in [0.25, 0.3) is 0 Å². The van der Waals surface area contributed by atoms with E-state index in [1.54, 1.807) is 13.8 Å². The average molecular weight is 263 g/mol. The number of hydrogen-bond donors (Lipinski definition) is 2. The predicted molar refractivity (Wildman–Crippen MR) is 74.0 cm³/mol. The van der Waals surface area contributed by atoms with Crippen LogP contribution in [0.25, 0.3) is 0 Å². The third-order valence-electron chi connectivity index (χ3n) is 3.29. The Bertz CT molecular complexity index is 472. The highest BCUT2D eigenvalue weighted by Crippen LogP contribution is 2.15. The van der Waals surface area contributed by atoms with Crippen LogP contribution < -0.4 is 5.32 Å². The van der Waals surface area contributed by atoms with Gasteiger partial charge in [0.1, 0.15) is 0 Å². The number of carbonyl (C=O) groups excluding carboxylic acids is 1. The van der Waals surface area contributed by atoms with Gasteiger partial charge in [-0.3, -0.25) is 9.59 Å². The molecule has 0 unspecified atom stereocenters. The van der Waals surface area contributed by atoms with E-state index in [-0.39, 0.29) is 18.9 Å². The highest BCUT2D eigenvalue weighted by atomic mass is 16.4. The van der Waals surface area contributed by atoms with Gasteiger partial charge in [0.15, 0.2) is 0 Å². The minimum absolute atomic E-state index is 0.131. The van der Waals surface area contributed by atoms with E-state index in [0.717, 1.165) is 16.7 Å². The summed E-state index contributed by atoms with van der Waals surface area (Å²) >= 11 is 0. The molecular formula is C15H21NO3. The fourth-order valence-electron chi connectivity index (χ4n) is 1.75. The molecule has 1 amide bonds. The molecule has 0 saturated heterocycles. The lowest BCUT2D eigenvalue weighted by Crippen LogP contribution is -2.39. The fourth-order valence-corrected chi connectivity index (χ4v) is 1.75. The lowest BCUT2D eigenvalue weighted by molar-refractivity contribution is -0.146. The van der Waals surface area contributed by atoms with Crippen molar-refractivity contribution >= 4 is 11.9 Å². The molecule has 1 aromatic carbocycles. The van der Waals surface area contributed by atoms with Crippen LogP contribution in [0.5, 0.6) is 0 Å². The van der Waals surface area contributed by atoms with E-state index in [4.69, 9.17) is 5.11 Å². The maximum atomic E-state index is 11.9. The van der Waals surface area contributed by atoms with E-state index in [1.807, 2.05) is 32.0 Å². The van der Waals surface area contributed by atoms with Crippen molar-refractivity contribution in [2.75, 3.05) is 6.54 Å². The Morgan fingerprint density at radius 3 is 2.21 bits per heavy atom. The van der Waals surface area contributed by atoms with E-state index in [2.05, 4.69) is 5.32 Å². The normalized spacial score (nSPS) is 11.2. The minimum Gasteiger partial charge on any atom is -0.481 e. The SMILES string of the molecule is Cc1cccc(C)c1CC(=O)NCC(C)(C)C(=O)O. The molecule has 0 spiro atoms. The molecule has 0 heterocycles. The van der Waals surface area contributed by atoms with Gasteiger partial charge in [-0.2, -0.15) is 0 Å². The van der Waals surface area contributed by atoms with Crippen LogP contribution in [0.1, 0.15) is 30.5 Å². The van der Waals surface area contributed by atoms with Crippen LogP contribution in [0.15, 0.2) is 18.2 Å². The van der Waals surface area contributed by atoms with Gasteiger partial charge in [-0.25, -0.2) is 0 Å². The monoisotopic (exact) mass is 263 g/mol.